The highest BCUT2D eigenvalue weighted by atomic mass is 32.2. The van der Waals surface area contributed by atoms with Gasteiger partial charge in [-0.15, -0.1) is 23.5 Å². The van der Waals surface area contributed by atoms with Crippen LogP contribution >= 0.6 is 23.5 Å². The lowest BCUT2D eigenvalue weighted by molar-refractivity contribution is 0.324. The molecule has 1 heterocycles. The molecular weight excluding hydrogens is 434 g/mol. The first-order valence-electron chi connectivity index (χ1n) is 9.06. The fourth-order valence-corrected chi connectivity index (χ4v) is 4.01. The number of hydrogen-bond donors (Lipinski definition) is 0. The quantitative estimate of drug-likeness (QED) is 0.285. The standard InChI is InChI=1S/C22H21N3O4S2/c1-23-18-21(31-6)24-20(13-7-9-15(30-5)10-8-13)25(22(18)26)14-11-16(27-2)19(29-4)17(12-14)28-3/h7-12H,2-6H3. The lowest BCUT2D eigenvalue weighted by Crippen LogP contribution is -2.22. The van der Waals surface area contributed by atoms with E-state index in [2.05, 4.69) is 9.83 Å². The van der Waals surface area contributed by atoms with Crippen LogP contribution in [0.4, 0.5) is 5.69 Å². The number of benzene rings is 2. The molecule has 0 amide bonds. The molecule has 0 fully saturated rings. The number of hydrogen-bond acceptors (Lipinski definition) is 7. The third-order valence-corrected chi connectivity index (χ3v) is 6.00. The Bertz CT molecular complexity index is 1180. The van der Waals surface area contributed by atoms with Crippen molar-refractivity contribution in [1.82, 2.24) is 9.55 Å². The summed E-state index contributed by atoms with van der Waals surface area (Å²) < 4.78 is 17.7. The molecule has 0 saturated carbocycles. The van der Waals surface area contributed by atoms with E-state index in [1.54, 1.807) is 30.2 Å². The van der Waals surface area contributed by atoms with Gasteiger partial charge >= 0.3 is 0 Å². The van der Waals surface area contributed by atoms with Gasteiger partial charge in [-0.25, -0.2) is 9.83 Å². The highest BCUT2D eigenvalue weighted by molar-refractivity contribution is 7.98. The van der Waals surface area contributed by atoms with E-state index in [4.69, 9.17) is 20.8 Å². The zero-order valence-electron chi connectivity index (χ0n) is 17.8. The van der Waals surface area contributed by atoms with Gasteiger partial charge in [-0.2, -0.15) is 0 Å². The Morgan fingerprint density at radius 3 is 2.03 bits per heavy atom. The number of nitrogens with zero attached hydrogens (tertiary/aromatic N) is 3. The summed E-state index contributed by atoms with van der Waals surface area (Å²) in [5.41, 5.74) is 0.697. The van der Waals surface area contributed by atoms with Crippen LogP contribution in [-0.2, 0) is 0 Å². The number of rotatable bonds is 7. The van der Waals surface area contributed by atoms with E-state index in [1.165, 1.54) is 37.7 Å². The highest BCUT2D eigenvalue weighted by Gasteiger charge is 2.22. The molecule has 0 saturated heterocycles. The first kappa shape index (κ1) is 22.6. The van der Waals surface area contributed by atoms with Crippen molar-refractivity contribution in [3.63, 3.8) is 0 Å². The Morgan fingerprint density at radius 2 is 1.58 bits per heavy atom. The van der Waals surface area contributed by atoms with Crippen LogP contribution in [0.1, 0.15) is 0 Å². The smallest absolute Gasteiger partial charge is 0.282 e. The number of ether oxygens (including phenoxy) is 3. The van der Waals surface area contributed by atoms with Crippen molar-refractivity contribution in [3.05, 3.63) is 58.2 Å². The van der Waals surface area contributed by atoms with Gasteiger partial charge in [-0.05, 0) is 24.6 Å². The maximum absolute atomic E-state index is 13.4. The van der Waals surface area contributed by atoms with Crippen LogP contribution in [0.2, 0.25) is 0 Å². The molecule has 0 atom stereocenters. The fraction of sp³-hybridized carbons (Fsp3) is 0.227. The molecule has 3 aromatic rings. The van der Waals surface area contributed by atoms with E-state index >= 15 is 0 Å². The van der Waals surface area contributed by atoms with Gasteiger partial charge < -0.3 is 14.2 Å². The molecule has 7 nitrogen and oxygen atoms in total. The number of thioether (sulfide) groups is 2. The topological polar surface area (TPSA) is 66.9 Å². The van der Waals surface area contributed by atoms with Gasteiger partial charge in [0.15, 0.2) is 11.5 Å². The molecule has 0 aliphatic carbocycles. The minimum Gasteiger partial charge on any atom is -0.493 e. The minimum atomic E-state index is -0.465. The monoisotopic (exact) mass is 455 g/mol. The van der Waals surface area contributed by atoms with Gasteiger partial charge in [-0.1, -0.05) is 12.1 Å². The summed E-state index contributed by atoms with van der Waals surface area (Å²) in [5.74, 6) is 1.62. The molecule has 0 spiro atoms. The van der Waals surface area contributed by atoms with Gasteiger partial charge in [0, 0.05) is 22.6 Å². The Morgan fingerprint density at radius 1 is 0.968 bits per heavy atom. The first-order chi connectivity index (χ1) is 15.0. The lowest BCUT2D eigenvalue weighted by Gasteiger charge is -2.18. The van der Waals surface area contributed by atoms with Crippen molar-refractivity contribution in [3.8, 4) is 34.3 Å². The average molecular weight is 456 g/mol. The second kappa shape index (κ2) is 9.81. The summed E-state index contributed by atoms with van der Waals surface area (Å²) in [7, 11) is 4.52. The van der Waals surface area contributed by atoms with Crippen molar-refractivity contribution in [2.75, 3.05) is 33.8 Å². The normalized spacial score (nSPS) is 10.5. The lowest BCUT2D eigenvalue weighted by atomic mass is 10.2. The van der Waals surface area contributed by atoms with E-state index in [1.807, 2.05) is 30.5 Å². The minimum absolute atomic E-state index is 0.0364. The Balaban J connectivity index is 2.40. The molecule has 31 heavy (non-hydrogen) atoms. The summed E-state index contributed by atoms with van der Waals surface area (Å²) in [4.78, 5) is 22.6. The third-order valence-electron chi connectivity index (χ3n) is 4.59. The largest absolute Gasteiger partial charge is 0.493 e. The summed E-state index contributed by atoms with van der Waals surface area (Å²) >= 11 is 2.89. The van der Waals surface area contributed by atoms with Crippen molar-refractivity contribution in [2.45, 2.75) is 9.92 Å². The van der Waals surface area contributed by atoms with Crippen molar-refractivity contribution < 1.29 is 14.2 Å². The molecule has 3 rings (SSSR count). The van der Waals surface area contributed by atoms with Crippen LogP contribution in [0.5, 0.6) is 17.2 Å². The average Bonchev–Trinajstić information content (AvgIpc) is 2.82. The van der Waals surface area contributed by atoms with E-state index < -0.39 is 5.56 Å². The molecule has 0 bridgehead atoms. The molecule has 0 unspecified atom stereocenters. The molecule has 1 aromatic heterocycles. The zero-order chi connectivity index (χ0) is 22.5. The van der Waals surface area contributed by atoms with E-state index in [9.17, 15) is 4.79 Å². The molecular formula is C22H21N3O4S2. The highest BCUT2D eigenvalue weighted by Crippen LogP contribution is 2.40. The van der Waals surface area contributed by atoms with Gasteiger partial charge in [0.2, 0.25) is 5.75 Å². The third kappa shape index (κ3) is 4.22. The summed E-state index contributed by atoms with van der Waals surface area (Å²) in [6.45, 7) is 7.52. The van der Waals surface area contributed by atoms with E-state index in [-0.39, 0.29) is 5.69 Å². The van der Waals surface area contributed by atoms with Crippen LogP contribution in [0.25, 0.3) is 21.9 Å². The maximum Gasteiger partial charge on any atom is 0.282 e. The van der Waals surface area contributed by atoms with Crippen LogP contribution in [0, 0.1) is 6.57 Å². The predicted molar refractivity (Wildman–Crippen MR) is 125 cm³/mol. The van der Waals surface area contributed by atoms with Crippen molar-refractivity contribution >= 4 is 29.2 Å². The SMILES string of the molecule is [C-]#[N+]c1c(SC)nc(-c2ccc(SC)cc2)n(-c2cc(OC)c(OC)c(OC)c2)c1=O. The van der Waals surface area contributed by atoms with Crippen LogP contribution in [0.3, 0.4) is 0 Å². The molecule has 2 aromatic carbocycles. The zero-order valence-corrected chi connectivity index (χ0v) is 19.4. The van der Waals surface area contributed by atoms with Crippen molar-refractivity contribution in [2.24, 2.45) is 0 Å². The number of aromatic nitrogens is 2. The molecule has 0 radical (unpaired) electrons. The fourth-order valence-electron chi connectivity index (χ4n) is 3.10. The van der Waals surface area contributed by atoms with Crippen LogP contribution in [0.15, 0.2) is 51.1 Å². The second-order valence-corrected chi connectivity index (χ2v) is 7.83. The molecule has 0 N–H and O–H groups in total. The molecule has 0 aliphatic rings. The van der Waals surface area contributed by atoms with Gasteiger partial charge in [0.25, 0.3) is 11.2 Å². The summed E-state index contributed by atoms with van der Waals surface area (Å²) in [5, 5.41) is 0.382. The van der Waals surface area contributed by atoms with Crippen molar-refractivity contribution in [1.29, 1.82) is 0 Å². The maximum atomic E-state index is 13.4. The summed E-state index contributed by atoms with van der Waals surface area (Å²) in [6, 6.07) is 11.1. The Labute approximate surface area is 189 Å². The first-order valence-corrected chi connectivity index (χ1v) is 11.5. The predicted octanol–water partition coefficient (Wildman–Crippen LogP) is 4.92. The molecule has 160 valence electrons. The Hall–Kier alpha value is -3.09. The number of methoxy groups -OCH3 is 3. The summed E-state index contributed by atoms with van der Waals surface area (Å²) in [6.07, 6.45) is 3.79. The van der Waals surface area contributed by atoms with E-state index in [0.717, 1.165) is 10.5 Å². The van der Waals surface area contributed by atoms with Gasteiger partial charge in [0.05, 0.1) is 33.6 Å². The molecule has 9 heteroatoms. The van der Waals surface area contributed by atoms with Gasteiger partial charge in [0.1, 0.15) is 10.9 Å². The van der Waals surface area contributed by atoms with Crippen LogP contribution in [-0.4, -0.2) is 43.4 Å². The van der Waals surface area contributed by atoms with Gasteiger partial charge in [-0.3, -0.25) is 9.36 Å². The van der Waals surface area contributed by atoms with Crippen LogP contribution < -0.4 is 19.8 Å². The Kier molecular flexibility index (Phi) is 7.15. The second-order valence-electron chi connectivity index (χ2n) is 6.16. The van der Waals surface area contributed by atoms with E-state index in [0.29, 0.717) is 33.8 Å². The molecule has 0 aliphatic heterocycles.